The highest BCUT2D eigenvalue weighted by Crippen LogP contribution is 2.32. The molecule has 0 amide bonds. The number of benzene rings is 3. The van der Waals surface area contributed by atoms with Crippen molar-refractivity contribution in [3.63, 3.8) is 0 Å². The summed E-state index contributed by atoms with van der Waals surface area (Å²) in [5.74, 6) is 0.589. The van der Waals surface area contributed by atoms with E-state index in [1.165, 1.54) is 11.3 Å². The molecule has 0 saturated carbocycles. The maximum Gasteiger partial charge on any atom is 0.338 e. The number of thiazole rings is 1. The summed E-state index contributed by atoms with van der Waals surface area (Å²) in [5.41, 5.74) is 2.96. The number of esters is 1. The van der Waals surface area contributed by atoms with Gasteiger partial charge in [-0.25, -0.2) is 9.79 Å². The second kappa shape index (κ2) is 13.0. The van der Waals surface area contributed by atoms with E-state index in [0.29, 0.717) is 48.8 Å². The van der Waals surface area contributed by atoms with Gasteiger partial charge in [-0.1, -0.05) is 77.0 Å². The van der Waals surface area contributed by atoms with E-state index in [0.717, 1.165) is 16.7 Å². The minimum Gasteiger partial charge on any atom is -0.490 e. The number of ether oxygens (including phenoxy) is 3. The molecule has 0 bridgehead atoms. The predicted octanol–water partition coefficient (Wildman–Crippen LogP) is 6.08. The van der Waals surface area contributed by atoms with Crippen molar-refractivity contribution >= 4 is 46.6 Å². The third kappa shape index (κ3) is 6.16. The van der Waals surface area contributed by atoms with Crippen LogP contribution in [0.4, 0.5) is 0 Å². The molecule has 5 rings (SSSR count). The van der Waals surface area contributed by atoms with Gasteiger partial charge in [0.2, 0.25) is 0 Å². The highest BCUT2D eigenvalue weighted by Gasteiger charge is 2.33. The first kappa shape index (κ1) is 29.6. The third-order valence-electron chi connectivity index (χ3n) is 6.60. The number of halogens is 2. The third-order valence-corrected chi connectivity index (χ3v) is 8.17. The lowest BCUT2D eigenvalue weighted by Crippen LogP contribution is -2.39. The van der Waals surface area contributed by atoms with Crippen LogP contribution >= 0.6 is 34.5 Å². The van der Waals surface area contributed by atoms with Crippen LogP contribution in [0, 0.1) is 0 Å². The Morgan fingerprint density at radius 1 is 1.00 bits per heavy atom. The summed E-state index contributed by atoms with van der Waals surface area (Å²) >= 11 is 13.6. The number of hydrogen-bond acceptors (Lipinski definition) is 7. The Hall–Kier alpha value is -3.85. The molecule has 0 radical (unpaired) electrons. The highest BCUT2D eigenvalue weighted by molar-refractivity contribution is 7.07. The number of nitrogens with zero attached hydrogens (tertiary/aromatic N) is 2. The smallest absolute Gasteiger partial charge is 0.338 e. The molecule has 0 spiro atoms. The topological polar surface area (TPSA) is 79.1 Å². The van der Waals surface area contributed by atoms with E-state index in [2.05, 4.69) is 4.99 Å². The molecular weight excluding hydrogens is 595 g/mol. The van der Waals surface area contributed by atoms with Crippen molar-refractivity contribution < 1.29 is 19.0 Å². The van der Waals surface area contributed by atoms with Gasteiger partial charge in [-0.05, 0) is 62.2 Å². The summed E-state index contributed by atoms with van der Waals surface area (Å²) in [5, 5.41) is 1.07. The summed E-state index contributed by atoms with van der Waals surface area (Å²) < 4.78 is 19.3. The van der Waals surface area contributed by atoms with Crippen LogP contribution in [-0.2, 0) is 16.1 Å². The van der Waals surface area contributed by atoms with Crippen LogP contribution in [0.2, 0.25) is 10.0 Å². The first-order chi connectivity index (χ1) is 20.3. The largest absolute Gasteiger partial charge is 0.490 e. The maximum absolute atomic E-state index is 13.9. The highest BCUT2D eigenvalue weighted by atomic mass is 35.5. The van der Waals surface area contributed by atoms with Crippen molar-refractivity contribution in [2.75, 3.05) is 13.2 Å². The summed E-state index contributed by atoms with van der Waals surface area (Å²) in [6.07, 6.45) is 1.79. The van der Waals surface area contributed by atoms with Gasteiger partial charge in [-0.15, -0.1) is 0 Å². The van der Waals surface area contributed by atoms with Gasteiger partial charge in [0, 0.05) is 15.6 Å². The predicted molar refractivity (Wildman–Crippen MR) is 165 cm³/mol. The quantitative estimate of drug-likeness (QED) is 0.211. The van der Waals surface area contributed by atoms with Gasteiger partial charge < -0.3 is 14.2 Å². The van der Waals surface area contributed by atoms with Crippen molar-refractivity contribution in [2.45, 2.75) is 33.4 Å². The van der Waals surface area contributed by atoms with Crippen LogP contribution in [0.1, 0.15) is 43.5 Å². The minimum absolute atomic E-state index is 0.218. The molecule has 216 valence electrons. The summed E-state index contributed by atoms with van der Waals surface area (Å²) in [7, 11) is 0. The first-order valence-corrected chi connectivity index (χ1v) is 15.0. The number of rotatable bonds is 9. The lowest BCUT2D eigenvalue weighted by molar-refractivity contribution is -0.139. The van der Waals surface area contributed by atoms with Crippen LogP contribution in [0.25, 0.3) is 6.08 Å². The standard InChI is InChI=1S/C32H28Cl2N2O5S/c1-4-39-26-15-20(11-14-25(26)41-18-22-12-13-23(33)17-24(22)34)16-27-30(37)36-29(21-9-7-6-8-10-21)28(31(38)40-5-2)19(3)35-32(36)42-27/h6-17,29H,4-5,18H2,1-3H3/b27-16-. The Morgan fingerprint density at radius 2 is 1.79 bits per heavy atom. The molecule has 42 heavy (non-hydrogen) atoms. The van der Waals surface area contributed by atoms with Crippen molar-refractivity contribution in [2.24, 2.45) is 4.99 Å². The van der Waals surface area contributed by atoms with Crippen LogP contribution < -0.4 is 24.4 Å². The van der Waals surface area contributed by atoms with Crippen LogP contribution in [0.3, 0.4) is 0 Å². The van der Waals surface area contributed by atoms with Crippen LogP contribution in [0.5, 0.6) is 11.5 Å². The SMILES string of the molecule is CCOC(=O)C1=C(C)N=c2s/c(=C\c3ccc(OCc4ccc(Cl)cc4Cl)c(OCC)c3)c(=O)n2C1c1ccccc1. The van der Waals surface area contributed by atoms with E-state index in [-0.39, 0.29) is 18.8 Å². The van der Waals surface area contributed by atoms with Gasteiger partial charge in [0.15, 0.2) is 16.3 Å². The Balaban J connectivity index is 1.53. The molecule has 4 aromatic rings. The second-order valence-electron chi connectivity index (χ2n) is 9.38. The number of hydrogen-bond donors (Lipinski definition) is 0. The molecule has 1 unspecified atom stereocenters. The van der Waals surface area contributed by atoms with Crippen LogP contribution in [0.15, 0.2) is 87.8 Å². The molecule has 3 aromatic carbocycles. The molecule has 1 atom stereocenters. The fourth-order valence-electron chi connectivity index (χ4n) is 4.69. The Morgan fingerprint density at radius 3 is 2.50 bits per heavy atom. The monoisotopic (exact) mass is 622 g/mol. The lowest BCUT2D eigenvalue weighted by Gasteiger charge is -2.24. The Kier molecular flexibility index (Phi) is 9.16. The lowest BCUT2D eigenvalue weighted by atomic mass is 9.96. The number of fused-ring (bicyclic) bond motifs is 1. The van der Waals surface area contributed by atoms with Crippen molar-refractivity contribution in [1.82, 2.24) is 4.57 Å². The summed E-state index contributed by atoms with van der Waals surface area (Å²) in [6.45, 7) is 6.28. The number of aromatic nitrogens is 1. The molecule has 2 heterocycles. The summed E-state index contributed by atoms with van der Waals surface area (Å²) in [6, 6.07) is 19.5. The van der Waals surface area contributed by atoms with Gasteiger partial charge in [-0.2, -0.15) is 0 Å². The molecule has 0 saturated heterocycles. The summed E-state index contributed by atoms with van der Waals surface area (Å²) in [4.78, 5) is 32.0. The average molecular weight is 624 g/mol. The van der Waals surface area contributed by atoms with Crippen molar-refractivity contribution in [1.29, 1.82) is 0 Å². The van der Waals surface area contributed by atoms with Gasteiger partial charge >= 0.3 is 5.97 Å². The zero-order valence-electron chi connectivity index (χ0n) is 23.2. The molecule has 0 fully saturated rings. The Bertz CT molecular complexity index is 1850. The van der Waals surface area contributed by atoms with E-state index < -0.39 is 12.0 Å². The molecule has 7 nitrogen and oxygen atoms in total. The van der Waals surface area contributed by atoms with Crippen LogP contribution in [-0.4, -0.2) is 23.8 Å². The molecule has 0 N–H and O–H groups in total. The van der Waals surface area contributed by atoms with Gasteiger partial charge in [0.05, 0.1) is 35.1 Å². The Labute approximate surface area is 256 Å². The first-order valence-electron chi connectivity index (χ1n) is 13.4. The molecule has 10 heteroatoms. The van der Waals surface area contributed by atoms with E-state index in [4.69, 9.17) is 37.4 Å². The zero-order chi connectivity index (χ0) is 29.8. The second-order valence-corrected chi connectivity index (χ2v) is 11.2. The zero-order valence-corrected chi connectivity index (χ0v) is 25.6. The molecular formula is C32H28Cl2N2O5S. The maximum atomic E-state index is 13.9. The number of allylic oxidation sites excluding steroid dienone is 1. The minimum atomic E-state index is -0.655. The van der Waals surface area contributed by atoms with E-state index in [9.17, 15) is 9.59 Å². The van der Waals surface area contributed by atoms with Crippen molar-refractivity contribution in [3.05, 3.63) is 124 Å². The average Bonchev–Trinajstić information content (AvgIpc) is 3.27. The van der Waals surface area contributed by atoms with Gasteiger partial charge in [0.1, 0.15) is 6.61 Å². The normalized spacial score (nSPS) is 14.8. The number of carbonyl (C=O) groups excluding carboxylic acids is 1. The number of carbonyl (C=O) groups is 1. The molecule has 1 aliphatic heterocycles. The van der Waals surface area contributed by atoms with Gasteiger partial charge in [0.25, 0.3) is 5.56 Å². The van der Waals surface area contributed by atoms with Gasteiger partial charge in [-0.3, -0.25) is 9.36 Å². The molecule has 0 aliphatic carbocycles. The fourth-order valence-corrected chi connectivity index (χ4v) is 6.20. The van der Waals surface area contributed by atoms with E-state index >= 15 is 0 Å². The van der Waals surface area contributed by atoms with E-state index in [1.807, 2.05) is 55.5 Å². The van der Waals surface area contributed by atoms with Crippen molar-refractivity contribution in [3.8, 4) is 11.5 Å². The van der Waals surface area contributed by atoms with E-state index in [1.54, 1.807) is 42.7 Å². The molecule has 1 aliphatic rings. The molecule has 1 aromatic heterocycles. The fraction of sp³-hybridized carbons (Fsp3) is 0.219.